The first-order valence-corrected chi connectivity index (χ1v) is 10.8. The van der Waals surface area contributed by atoms with Crippen molar-refractivity contribution in [3.63, 3.8) is 0 Å². The molecule has 0 aliphatic rings. The van der Waals surface area contributed by atoms with Crippen molar-refractivity contribution in [3.8, 4) is 28.3 Å². The van der Waals surface area contributed by atoms with Gasteiger partial charge in [0.2, 0.25) is 0 Å². The molecule has 0 N–H and O–H groups in total. The van der Waals surface area contributed by atoms with E-state index in [0.29, 0.717) is 5.56 Å². The van der Waals surface area contributed by atoms with Crippen molar-refractivity contribution in [2.24, 2.45) is 7.05 Å². The summed E-state index contributed by atoms with van der Waals surface area (Å²) in [6, 6.07) is 19.0. The third kappa shape index (κ3) is 3.80. The summed E-state index contributed by atoms with van der Waals surface area (Å²) in [5, 5.41) is 9.52. The van der Waals surface area contributed by atoms with Crippen molar-refractivity contribution in [2.45, 2.75) is 11.9 Å². The van der Waals surface area contributed by atoms with Gasteiger partial charge >= 0.3 is 5.97 Å². The molecule has 29 heavy (non-hydrogen) atoms. The lowest BCUT2D eigenvalue weighted by molar-refractivity contribution is 0.0515. The first-order valence-electron chi connectivity index (χ1n) is 8.95. The molecule has 0 aliphatic heterocycles. The Hall–Kier alpha value is -3.37. The highest BCUT2D eigenvalue weighted by atomic mass is 32.2. The molecule has 3 rings (SSSR count). The van der Waals surface area contributed by atoms with E-state index >= 15 is 0 Å². The van der Waals surface area contributed by atoms with Gasteiger partial charge in [-0.25, -0.2) is 13.2 Å². The summed E-state index contributed by atoms with van der Waals surface area (Å²) >= 11 is 0. The molecule has 1 aromatic heterocycles. The van der Waals surface area contributed by atoms with E-state index < -0.39 is 15.8 Å². The van der Waals surface area contributed by atoms with Gasteiger partial charge in [0.15, 0.2) is 14.9 Å². The zero-order valence-electron chi connectivity index (χ0n) is 16.3. The smallest absolute Gasteiger partial charge is 0.355 e. The number of sulfone groups is 1. The molecule has 0 radical (unpaired) electrons. The van der Waals surface area contributed by atoms with E-state index in [1.807, 2.05) is 48.5 Å². The molecular formula is C22H20N2O4S. The third-order valence-corrected chi connectivity index (χ3v) is 5.73. The van der Waals surface area contributed by atoms with Gasteiger partial charge in [0.05, 0.1) is 12.2 Å². The van der Waals surface area contributed by atoms with E-state index in [9.17, 15) is 18.5 Å². The Bertz CT molecular complexity index is 1200. The van der Waals surface area contributed by atoms with Crippen LogP contribution in [-0.2, 0) is 21.6 Å². The number of nitriles is 1. The third-order valence-electron chi connectivity index (χ3n) is 4.55. The summed E-state index contributed by atoms with van der Waals surface area (Å²) in [5.41, 5.74) is 2.78. The summed E-state index contributed by atoms with van der Waals surface area (Å²) < 4.78 is 31.0. The molecule has 0 fully saturated rings. The highest BCUT2D eigenvalue weighted by Gasteiger charge is 2.31. The summed E-state index contributed by atoms with van der Waals surface area (Å²) in [5.74, 6) is -0.677. The first kappa shape index (κ1) is 20.4. The lowest BCUT2D eigenvalue weighted by Gasteiger charge is -2.09. The number of nitrogens with zero attached hydrogens (tertiary/aromatic N) is 2. The Morgan fingerprint density at radius 1 is 1.03 bits per heavy atom. The molecule has 0 bridgehead atoms. The van der Waals surface area contributed by atoms with Gasteiger partial charge in [0.25, 0.3) is 0 Å². The van der Waals surface area contributed by atoms with Crippen LogP contribution in [0.5, 0.6) is 0 Å². The number of esters is 1. The van der Waals surface area contributed by atoms with E-state index in [4.69, 9.17) is 4.74 Å². The fraction of sp³-hybridized carbons (Fsp3) is 0.182. The SMILES string of the molecule is CCOC(=O)c1c(-c2ccc(-c3ccccc3)cc2)c(C#N)c(S(C)(=O)=O)n1C. The Labute approximate surface area is 169 Å². The quantitative estimate of drug-likeness (QED) is 0.599. The molecule has 0 unspecified atom stereocenters. The van der Waals surface area contributed by atoms with E-state index in [1.165, 1.54) is 11.6 Å². The van der Waals surface area contributed by atoms with Crippen LogP contribution >= 0.6 is 0 Å². The fourth-order valence-corrected chi connectivity index (χ4v) is 4.49. The minimum absolute atomic E-state index is 0.0382. The van der Waals surface area contributed by atoms with Crippen LogP contribution in [0, 0.1) is 11.3 Å². The number of ether oxygens (including phenoxy) is 1. The maximum Gasteiger partial charge on any atom is 0.355 e. The van der Waals surface area contributed by atoms with Gasteiger partial charge in [-0.15, -0.1) is 0 Å². The molecule has 0 saturated heterocycles. The van der Waals surface area contributed by atoms with E-state index in [2.05, 4.69) is 0 Å². The van der Waals surface area contributed by atoms with Gasteiger partial charge in [-0.05, 0) is 23.6 Å². The second-order valence-electron chi connectivity index (χ2n) is 6.51. The summed E-state index contributed by atoms with van der Waals surface area (Å²) in [4.78, 5) is 12.6. The highest BCUT2D eigenvalue weighted by Crippen LogP contribution is 2.36. The minimum atomic E-state index is -3.75. The Morgan fingerprint density at radius 3 is 2.10 bits per heavy atom. The van der Waals surface area contributed by atoms with Gasteiger partial charge in [0.1, 0.15) is 11.8 Å². The zero-order chi connectivity index (χ0) is 21.2. The molecule has 2 aromatic carbocycles. The van der Waals surface area contributed by atoms with Crippen molar-refractivity contribution >= 4 is 15.8 Å². The summed E-state index contributed by atoms with van der Waals surface area (Å²) in [6.45, 7) is 1.80. The molecule has 1 heterocycles. The van der Waals surface area contributed by atoms with Crippen molar-refractivity contribution in [1.82, 2.24) is 4.57 Å². The standard InChI is InChI=1S/C22H20N2O4S/c1-4-28-22(25)20-19(18(14-23)21(24(20)2)29(3,26)27)17-12-10-16(11-13-17)15-8-6-5-7-9-15/h5-13H,4H2,1-3H3. The van der Waals surface area contributed by atoms with Crippen LogP contribution < -0.4 is 0 Å². The van der Waals surface area contributed by atoms with Crippen LogP contribution in [-0.4, -0.2) is 31.8 Å². The van der Waals surface area contributed by atoms with Crippen molar-refractivity contribution in [2.75, 3.05) is 12.9 Å². The summed E-state index contributed by atoms with van der Waals surface area (Å²) in [6.07, 6.45) is 1.01. The monoisotopic (exact) mass is 408 g/mol. The topological polar surface area (TPSA) is 89.2 Å². The van der Waals surface area contributed by atoms with Crippen molar-refractivity contribution < 1.29 is 17.9 Å². The zero-order valence-corrected chi connectivity index (χ0v) is 17.2. The van der Waals surface area contributed by atoms with E-state index in [0.717, 1.165) is 17.4 Å². The predicted octanol–water partition coefficient (Wildman–Crippen LogP) is 3.81. The molecule has 3 aromatic rings. The maximum atomic E-state index is 12.6. The Kier molecular flexibility index (Phi) is 5.57. The van der Waals surface area contributed by atoms with Crippen molar-refractivity contribution in [1.29, 1.82) is 5.26 Å². The molecule has 0 amide bonds. The Morgan fingerprint density at radius 2 is 1.59 bits per heavy atom. The molecule has 0 spiro atoms. The summed E-state index contributed by atoms with van der Waals surface area (Å²) in [7, 11) is -2.30. The van der Waals surface area contributed by atoms with Gasteiger partial charge in [-0.2, -0.15) is 5.26 Å². The Balaban J connectivity index is 2.25. The van der Waals surface area contributed by atoms with Gasteiger partial charge in [0, 0.05) is 18.9 Å². The van der Waals surface area contributed by atoms with Crippen molar-refractivity contribution in [3.05, 3.63) is 65.9 Å². The second kappa shape index (κ2) is 7.94. The molecular weight excluding hydrogens is 388 g/mol. The van der Waals surface area contributed by atoms with Crippen LogP contribution in [0.25, 0.3) is 22.3 Å². The van der Waals surface area contributed by atoms with Crippen LogP contribution in [0.15, 0.2) is 59.6 Å². The number of carbonyl (C=O) groups is 1. The highest BCUT2D eigenvalue weighted by molar-refractivity contribution is 7.90. The number of aromatic nitrogens is 1. The van der Waals surface area contributed by atoms with Gasteiger partial charge in [-0.3, -0.25) is 0 Å². The first-order chi connectivity index (χ1) is 13.8. The maximum absolute atomic E-state index is 12.6. The molecule has 7 heteroatoms. The predicted molar refractivity (Wildman–Crippen MR) is 110 cm³/mol. The number of carbonyl (C=O) groups excluding carboxylic acids is 1. The molecule has 0 saturated carbocycles. The van der Waals surface area contributed by atoms with E-state index in [-0.39, 0.29) is 28.5 Å². The van der Waals surface area contributed by atoms with Gasteiger partial charge in [-0.1, -0.05) is 54.6 Å². The average molecular weight is 408 g/mol. The normalized spacial score (nSPS) is 11.1. The molecule has 6 nitrogen and oxygen atoms in total. The largest absolute Gasteiger partial charge is 0.461 e. The average Bonchev–Trinajstić information content (AvgIpc) is 3.01. The number of hydrogen-bond acceptors (Lipinski definition) is 5. The molecule has 0 aliphatic carbocycles. The molecule has 148 valence electrons. The number of hydrogen-bond donors (Lipinski definition) is 0. The van der Waals surface area contributed by atoms with Gasteiger partial charge < -0.3 is 9.30 Å². The lowest BCUT2D eigenvalue weighted by Crippen LogP contribution is -2.14. The van der Waals surface area contributed by atoms with E-state index in [1.54, 1.807) is 19.1 Å². The fourth-order valence-electron chi connectivity index (χ4n) is 3.38. The minimum Gasteiger partial charge on any atom is -0.461 e. The van der Waals surface area contributed by atoms with Crippen LogP contribution in [0.2, 0.25) is 0 Å². The molecule has 0 atom stereocenters. The number of rotatable bonds is 5. The second-order valence-corrected chi connectivity index (χ2v) is 8.44. The van der Waals surface area contributed by atoms with Crippen LogP contribution in [0.1, 0.15) is 23.0 Å². The van der Waals surface area contributed by atoms with Crippen LogP contribution in [0.3, 0.4) is 0 Å². The number of benzene rings is 2. The van der Waals surface area contributed by atoms with Crippen LogP contribution in [0.4, 0.5) is 0 Å². The lowest BCUT2D eigenvalue weighted by atomic mass is 9.98.